The molecule has 2 aromatic carbocycles. The summed E-state index contributed by atoms with van der Waals surface area (Å²) < 4.78 is 1.62. The molecule has 3 aliphatic rings. The molecule has 6 rings (SSSR count). The molecule has 0 bridgehead atoms. The number of para-hydroxylation sites is 2. The van der Waals surface area contributed by atoms with Gasteiger partial charge in [0.2, 0.25) is 5.91 Å². The molecule has 0 spiro atoms. The number of carbonyl (C=O) groups is 1. The Morgan fingerprint density at radius 1 is 1.16 bits per heavy atom. The Hall–Kier alpha value is -3.41. The van der Waals surface area contributed by atoms with Gasteiger partial charge >= 0.3 is 0 Å². The van der Waals surface area contributed by atoms with Crippen molar-refractivity contribution < 1.29 is 4.79 Å². The van der Waals surface area contributed by atoms with Crippen LogP contribution in [0.5, 0.6) is 0 Å². The molecule has 1 unspecified atom stereocenters. The minimum atomic E-state index is -0.612. The van der Waals surface area contributed by atoms with Gasteiger partial charge in [-0.05, 0) is 42.5 Å². The zero-order valence-electron chi connectivity index (χ0n) is 18.5. The van der Waals surface area contributed by atoms with Crippen molar-refractivity contribution in [3.05, 3.63) is 82.9 Å². The number of fused-ring (bicyclic) bond motifs is 8. The molecule has 1 fully saturated rings. The van der Waals surface area contributed by atoms with Gasteiger partial charge in [0.05, 0.1) is 16.9 Å². The molecule has 162 valence electrons. The maximum Gasteiger partial charge on any atom is 0.262 e. The van der Waals surface area contributed by atoms with Crippen LogP contribution in [0.4, 0.5) is 5.69 Å². The summed E-state index contributed by atoms with van der Waals surface area (Å²) >= 11 is 0. The molecule has 6 heteroatoms. The average molecular weight is 427 g/mol. The highest BCUT2D eigenvalue weighted by molar-refractivity contribution is 5.86. The van der Waals surface area contributed by atoms with Crippen molar-refractivity contribution in [2.75, 3.05) is 5.32 Å². The molecule has 1 N–H and O–H groups in total. The van der Waals surface area contributed by atoms with E-state index in [4.69, 9.17) is 4.98 Å². The number of hydrogen-bond donors (Lipinski definition) is 1. The van der Waals surface area contributed by atoms with Crippen LogP contribution in [-0.4, -0.2) is 26.5 Å². The molecule has 3 aliphatic heterocycles. The van der Waals surface area contributed by atoms with Gasteiger partial charge in [-0.3, -0.25) is 14.2 Å². The molecule has 6 nitrogen and oxygen atoms in total. The van der Waals surface area contributed by atoms with Crippen LogP contribution < -0.4 is 10.9 Å². The molecule has 0 aliphatic carbocycles. The topological polar surface area (TPSA) is 67.2 Å². The quantitative estimate of drug-likeness (QED) is 0.626. The number of aromatic nitrogens is 2. The lowest BCUT2D eigenvalue weighted by Gasteiger charge is -2.44. The first-order valence-electron chi connectivity index (χ1n) is 11.1. The van der Waals surface area contributed by atoms with Crippen LogP contribution in [0.25, 0.3) is 10.9 Å². The Labute approximate surface area is 186 Å². The summed E-state index contributed by atoms with van der Waals surface area (Å²) in [7, 11) is 0. The van der Waals surface area contributed by atoms with Gasteiger partial charge in [-0.15, -0.1) is 6.58 Å². The number of nitrogens with zero attached hydrogens (tertiary/aromatic N) is 3. The highest BCUT2D eigenvalue weighted by Gasteiger charge is 2.66. The van der Waals surface area contributed by atoms with Crippen molar-refractivity contribution >= 4 is 22.5 Å². The van der Waals surface area contributed by atoms with Crippen LogP contribution in [0.1, 0.15) is 50.7 Å². The maximum absolute atomic E-state index is 13.8. The molecule has 32 heavy (non-hydrogen) atoms. The van der Waals surface area contributed by atoms with Crippen LogP contribution in [-0.2, 0) is 10.2 Å². The normalized spacial score (nSPS) is 28.0. The SMILES string of the molecule is C=CC(C)(C)[C@@]12C[C@H]3c4nc5ccccc5c(=O)n4[C@H](C)C(=O)N3C1Nc1ccccc12. The lowest BCUT2D eigenvalue weighted by molar-refractivity contribution is -0.140. The summed E-state index contributed by atoms with van der Waals surface area (Å²) in [6.07, 6.45) is 2.44. The first-order valence-corrected chi connectivity index (χ1v) is 11.1. The van der Waals surface area contributed by atoms with Crippen molar-refractivity contribution in [2.24, 2.45) is 5.41 Å². The highest BCUT2D eigenvalue weighted by Crippen LogP contribution is 2.63. The molecular formula is C26H26N4O2. The second kappa shape index (κ2) is 6.09. The van der Waals surface area contributed by atoms with Gasteiger partial charge in [-0.25, -0.2) is 4.98 Å². The van der Waals surface area contributed by atoms with E-state index < -0.39 is 6.04 Å². The summed E-state index contributed by atoms with van der Waals surface area (Å²) in [6, 6.07) is 14.8. The molecule has 4 atom stereocenters. The smallest absolute Gasteiger partial charge is 0.262 e. The van der Waals surface area contributed by atoms with E-state index in [0.29, 0.717) is 23.1 Å². The largest absolute Gasteiger partial charge is 0.364 e. The van der Waals surface area contributed by atoms with Crippen molar-refractivity contribution in [1.29, 1.82) is 0 Å². The first-order chi connectivity index (χ1) is 15.3. The van der Waals surface area contributed by atoms with Crippen LogP contribution in [0.3, 0.4) is 0 Å². The van der Waals surface area contributed by atoms with E-state index >= 15 is 0 Å². The molecule has 1 saturated heterocycles. The third-order valence-corrected chi connectivity index (χ3v) is 8.09. The van der Waals surface area contributed by atoms with Gasteiger partial charge in [0, 0.05) is 11.1 Å². The zero-order valence-corrected chi connectivity index (χ0v) is 18.5. The van der Waals surface area contributed by atoms with Crippen molar-refractivity contribution in [3.63, 3.8) is 0 Å². The van der Waals surface area contributed by atoms with Crippen LogP contribution in [0.2, 0.25) is 0 Å². The Morgan fingerprint density at radius 3 is 2.66 bits per heavy atom. The summed E-state index contributed by atoms with van der Waals surface area (Å²) in [5.41, 5.74) is 2.09. The second-order valence-corrected chi connectivity index (χ2v) is 9.79. The fraction of sp³-hybridized carbons (Fsp3) is 0.346. The van der Waals surface area contributed by atoms with Gasteiger partial charge in [-0.1, -0.05) is 50.3 Å². The van der Waals surface area contributed by atoms with E-state index in [0.717, 1.165) is 5.69 Å². The number of hydrogen-bond acceptors (Lipinski definition) is 4. The number of benzene rings is 2. The van der Waals surface area contributed by atoms with E-state index in [9.17, 15) is 9.59 Å². The Kier molecular flexibility index (Phi) is 3.67. The summed E-state index contributed by atoms with van der Waals surface area (Å²) in [5.74, 6) is 0.627. The third-order valence-electron chi connectivity index (χ3n) is 8.09. The fourth-order valence-electron chi connectivity index (χ4n) is 6.27. The predicted octanol–water partition coefficient (Wildman–Crippen LogP) is 4.15. The molecule has 0 radical (unpaired) electrons. The standard InChI is InChI=1S/C26H26N4O2/c1-5-25(3,4)26-14-20-21-27-18-12-8-6-10-16(18)23(32)29(21)15(2)22(31)30(20)24(26)28-19-13-9-7-11-17(19)26/h5-13,15,20,24,28H,1,14H2,2-4H3/t15-,20+,24?,26-/m1/s1. The van der Waals surface area contributed by atoms with Crippen LogP contribution >= 0.6 is 0 Å². The Balaban J connectivity index is 1.64. The molecular weight excluding hydrogens is 400 g/mol. The molecule has 3 aromatic rings. The fourth-order valence-corrected chi connectivity index (χ4v) is 6.27. The van der Waals surface area contributed by atoms with Crippen molar-refractivity contribution in [3.8, 4) is 0 Å². The van der Waals surface area contributed by atoms with Gasteiger partial charge in [-0.2, -0.15) is 0 Å². The van der Waals surface area contributed by atoms with Crippen LogP contribution in [0, 0.1) is 5.41 Å². The maximum atomic E-state index is 13.8. The van der Waals surface area contributed by atoms with Crippen molar-refractivity contribution in [2.45, 2.75) is 50.9 Å². The first kappa shape index (κ1) is 19.3. The Morgan fingerprint density at radius 2 is 1.88 bits per heavy atom. The summed E-state index contributed by atoms with van der Waals surface area (Å²) in [4.78, 5) is 34.1. The number of nitrogens with one attached hydrogen (secondary N) is 1. The second-order valence-electron chi connectivity index (χ2n) is 9.79. The summed E-state index contributed by atoms with van der Waals surface area (Å²) in [6.45, 7) is 10.3. The van der Waals surface area contributed by atoms with E-state index in [1.807, 2.05) is 35.2 Å². The zero-order chi connectivity index (χ0) is 22.4. The number of carbonyl (C=O) groups excluding carboxylic acids is 1. The highest BCUT2D eigenvalue weighted by atomic mass is 16.2. The minimum absolute atomic E-state index is 0.0475. The average Bonchev–Trinajstić information content (AvgIpc) is 3.31. The van der Waals surface area contributed by atoms with E-state index in [1.165, 1.54) is 5.56 Å². The molecule has 1 amide bonds. The van der Waals surface area contributed by atoms with Gasteiger partial charge < -0.3 is 10.2 Å². The van der Waals surface area contributed by atoms with E-state index in [2.05, 4.69) is 43.9 Å². The van der Waals surface area contributed by atoms with Gasteiger partial charge in [0.25, 0.3) is 5.56 Å². The lowest BCUT2D eigenvalue weighted by atomic mass is 9.60. The number of allylic oxidation sites excluding steroid dienone is 1. The van der Waals surface area contributed by atoms with E-state index in [1.54, 1.807) is 17.6 Å². The third kappa shape index (κ3) is 2.08. The molecule has 0 saturated carbocycles. The Bertz CT molecular complexity index is 1370. The molecule has 1 aromatic heterocycles. The van der Waals surface area contributed by atoms with Crippen LogP contribution in [0.15, 0.2) is 66.0 Å². The van der Waals surface area contributed by atoms with Crippen molar-refractivity contribution in [1.82, 2.24) is 14.5 Å². The lowest BCUT2D eigenvalue weighted by Crippen LogP contribution is -2.55. The van der Waals surface area contributed by atoms with Gasteiger partial charge in [0.1, 0.15) is 18.0 Å². The van der Waals surface area contributed by atoms with Gasteiger partial charge in [0.15, 0.2) is 0 Å². The number of rotatable bonds is 2. The van der Waals surface area contributed by atoms with E-state index in [-0.39, 0.29) is 34.5 Å². The predicted molar refractivity (Wildman–Crippen MR) is 124 cm³/mol. The monoisotopic (exact) mass is 426 g/mol. The minimum Gasteiger partial charge on any atom is -0.364 e. The number of amides is 1. The molecule has 4 heterocycles. The summed E-state index contributed by atoms with van der Waals surface area (Å²) in [5, 5.41) is 4.20. The number of anilines is 1.